The summed E-state index contributed by atoms with van der Waals surface area (Å²) >= 11 is 0. The Morgan fingerprint density at radius 3 is 2.46 bits per heavy atom. The number of hydrogen-bond acceptors (Lipinski definition) is 3. The van der Waals surface area contributed by atoms with Crippen molar-refractivity contribution in [3.8, 4) is 0 Å². The van der Waals surface area contributed by atoms with Crippen molar-refractivity contribution >= 4 is 11.6 Å². The fourth-order valence-corrected chi connectivity index (χ4v) is 1.67. The monoisotopic (exact) mass is 184 g/mol. The Bertz CT molecular complexity index is 208. The molecule has 2 N–H and O–H groups in total. The van der Waals surface area contributed by atoms with Gasteiger partial charge in [0, 0.05) is 19.0 Å². The molecule has 4 heteroatoms. The standard InChI is InChI=1S/C9H16N2O2/c1-7(10)11-4-2-8(3-5-11)9(13)6-12/h8,10,12H,2-6H2,1H3. The third-order valence-corrected chi connectivity index (χ3v) is 2.58. The summed E-state index contributed by atoms with van der Waals surface area (Å²) in [4.78, 5) is 13.1. The third-order valence-electron chi connectivity index (χ3n) is 2.58. The topological polar surface area (TPSA) is 64.4 Å². The fraction of sp³-hybridized carbons (Fsp3) is 0.778. The van der Waals surface area contributed by atoms with Crippen LogP contribution in [-0.4, -0.2) is 41.3 Å². The molecule has 0 unspecified atom stereocenters. The molecule has 0 aromatic carbocycles. The van der Waals surface area contributed by atoms with Crippen molar-refractivity contribution in [3.05, 3.63) is 0 Å². The predicted molar refractivity (Wildman–Crippen MR) is 49.8 cm³/mol. The van der Waals surface area contributed by atoms with E-state index in [0.717, 1.165) is 25.9 Å². The van der Waals surface area contributed by atoms with Gasteiger partial charge < -0.3 is 10.0 Å². The Kier molecular flexibility index (Phi) is 3.42. The highest BCUT2D eigenvalue weighted by Crippen LogP contribution is 2.17. The molecule has 0 saturated carbocycles. The van der Waals surface area contributed by atoms with Gasteiger partial charge in [0.2, 0.25) is 0 Å². The summed E-state index contributed by atoms with van der Waals surface area (Å²) in [6.45, 7) is 2.96. The van der Waals surface area contributed by atoms with E-state index in [1.807, 2.05) is 4.90 Å². The summed E-state index contributed by atoms with van der Waals surface area (Å²) < 4.78 is 0. The molecule has 0 aromatic rings. The maximum atomic E-state index is 11.1. The first-order chi connectivity index (χ1) is 6.15. The molecule has 0 aromatic heterocycles. The highest BCUT2D eigenvalue weighted by Gasteiger charge is 2.24. The quantitative estimate of drug-likeness (QED) is 0.478. The van der Waals surface area contributed by atoms with Crippen LogP contribution in [0.4, 0.5) is 0 Å². The van der Waals surface area contributed by atoms with E-state index in [4.69, 9.17) is 10.5 Å². The number of carbonyl (C=O) groups excluding carboxylic acids is 1. The van der Waals surface area contributed by atoms with E-state index >= 15 is 0 Å². The molecular formula is C9H16N2O2. The zero-order chi connectivity index (χ0) is 9.84. The SMILES string of the molecule is CC(=N)N1CCC(C(=O)CO)CC1. The Hall–Kier alpha value is -0.900. The zero-order valence-corrected chi connectivity index (χ0v) is 7.92. The van der Waals surface area contributed by atoms with E-state index in [0.29, 0.717) is 5.84 Å². The van der Waals surface area contributed by atoms with Gasteiger partial charge in [0.15, 0.2) is 5.78 Å². The van der Waals surface area contributed by atoms with E-state index in [1.165, 1.54) is 0 Å². The van der Waals surface area contributed by atoms with Crippen LogP contribution in [0.3, 0.4) is 0 Å². The van der Waals surface area contributed by atoms with Crippen molar-refractivity contribution < 1.29 is 9.90 Å². The Balaban J connectivity index is 2.39. The van der Waals surface area contributed by atoms with Crippen molar-refractivity contribution in [2.45, 2.75) is 19.8 Å². The van der Waals surface area contributed by atoms with Crippen molar-refractivity contribution in [2.75, 3.05) is 19.7 Å². The summed E-state index contributed by atoms with van der Waals surface area (Å²) in [7, 11) is 0. The molecule has 0 aliphatic carbocycles. The minimum Gasteiger partial charge on any atom is -0.389 e. The number of ketones is 1. The molecule has 0 radical (unpaired) electrons. The average Bonchev–Trinajstić information content (AvgIpc) is 2.17. The lowest BCUT2D eigenvalue weighted by atomic mass is 9.93. The molecule has 0 amide bonds. The van der Waals surface area contributed by atoms with Gasteiger partial charge in [-0.25, -0.2) is 0 Å². The van der Waals surface area contributed by atoms with Crippen LogP contribution in [0.1, 0.15) is 19.8 Å². The first kappa shape index (κ1) is 10.2. The normalized spacial score (nSPS) is 18.8. The van der Waals surface area contributed by atoms with Crippen molar-refractivity contribution in [3.63, 3.8) is 0 Å². The van der Waals surface area contributed by atoms with Crippen molar-refractivity contribution in [1.82, 2.24) is 4.90 Å². The second kappa shape index (κ2) is 4.37. The molecule has 4 nitrogen and oxygen atoms in total. The van der Waals surface area contributed by atoms with Gasteiger partial charge in [-0.3, -0.25) is 10.2 Å². The maximum Gasteiger partial charge on any atom is 0.161 e. The van der Waals surface area contributed by atoms with Gasteiger partial charge in [0.25, 0.3) is 0 Å². The van der Waals surface area contributed by atoms with Crippen molar-refractivity contribution in [2.24, 2.45) is 5.92 Å². The average molecular weight is 184 g/mol. The highest BCUT2D eigenvalue weighted by atomic mass is 16.3. The van der Waals surface area contributed by atoms with Gasteiger partial charge in [0.05, 0.1) is 5.84 Å². The summed E-state index contributed by atoms with van der Waals surface area (Å²) in [6.07, 6.45) is 1.55. The Labute approximate surface area is 78.1 Å². The number of nitrogens with one attached hydrogen (secondary N) is 1. The van der Waals surface area contributed by atoms with E-state index in [1.54, 1.807) is 6.92 Å². The van der Waals surface area contributed by atoms with Gasteiger partial charge in [-0.05, 0) is 19.8 Å². The zero-order valence-electron chi connectivity index (χ0n) is 7.92. The number of aliphatic hydroxyl groups excluding tert-OH is 1. The van der Waals surface area contributed by atoms with Gasteiger partial charge in [-0.15, -0.1) is 0 Å². The van der Waals surface area contributed by atoms with Gasteiger partial charge in [-0.1, -0.05) is 0 Å². The number of amidine groups is 1. The molecular weight excluding hydrogens is 168 g/mol. The molecule has 0 bridgehead atoms. The molecule has 1 heterocycles. The van der Waals surface area contributed by atoms with Crippen LogP contribution in [0.5, 0.6) is 0 Å². The molecule has 1 fully saturated rings. The van der Waals surface area contributed by atoms with Gasteiger partial charge in [-0.2, -0.15) is 0 Å². The maximum absolute atomic E-state index is 11.1. The van der Waals surface area contributed by atoms with Crippen LogP contribution in [0, 0.1) is 11.3 Å². The molecule has 0 atom stereocenters. The lowest BCUT2D eigenvalue weighted by Crippen LogP contribution is -2.39. The number of rotatable bonds is 2. The number of aliphatic hydroxyl groups is 1. The number of likely N-dealkylation sites (tertiary alicyclic amines) is 1. The lowest BCUT2D eigenvalue weighted by Gasteiger charge is -2.31. The minimum atomic E-state index is -0.339. The fourth-order valence-electron chi connectivity index (χ4n) is 1.67. The van der Waals surface area contributed by atoms with Crippen LogP contribution in [-0.2, 0) is 4.79 Å². The molecule has 74 valence electrons. The first-order valence-electron chi connectivity index (χ1n) is 4.59. The highest BCUT2D eigenvalue weighted by molar-refractivity contribution is 5.82. The Morgan fingerprint density at radius 2 is 2.08 bits per heavy atom. The summed E-state index contributed by atoms with van der Waals surface area (Å²) in [6, 6.07) is 0. The number of hydrogen-bond donors (Lipinski definition) is 2. The van der Waals surface area contributed by atoms with E-state index in [2.05, 4.69) is 0 Å². The van der Waals surface area contributed by atoms with Crippen LogP contribution >= 0.6 is 0 Å². The lowest BCUT2D eigenvalue weighted by molar-refractivity contribution is -0.126. The molecule has 13 heavy (non-hydrogen) atoms. The van der Waals surface area contributed by atoms with Crippen LogP contribution in [0.15, 0.2) is 0 Å². The van der Waals surface area contributed by atoms with Crippen LogP contribution < -0.4 is 0 Å². The molecule has 1 saturated heterocycles. The van der Waals surface area contributed by atoms with Crippen LogP contribution in [0.25, 0.3) is 0 Å². The van der Waals surface area contributed by atoms with E-state index < -0.39 is 0 Å². The smallest absolute Gasteiger partial charge is 0.161 e. The van der Waals surface area contributed by atoms with Gasteiger partial charge >= 0.3 is 0 Å². The minimum absolute atomic E-state index is 0.0144. The van der Waals surface area contributed by atoms with E-state index in [-0.39, 0.29) is 18.3 Å². The molecule has 1 aliphatic heterocycles. The van der Waals surface area contributed by atoms with Crippen molar-refractivity contribution in [1.29, 1.82) is 5.41 Å². The summed E-state index contributed by atoms with van der Waals surface area (Å²) in [5.74, 6) is 0.526. The second-order valence-electron chi connectivity index (χ2n) is 3.47. The summed E-state index contributed by atoms with van der Waals surface area (Å²) in [5, 5.41) is 16.1. The number of Topliss-reactive ketones (excluding diaryl/α,β-unsaturated/α-hetero) is 1. The number of nitrogens with zero attached hydrogens (tertiary/aromatic N) is 1. The molecule has 1 rings (SSSR count). The number of carbonyl (C=O) groups is 1. The Morgan fingerprint density at radius 1 is 1.54 bits per heavy atom. The second-order valence-corrected chi connectivity index (χ2v) is 3.47. The largest absolute Gasteiger partial charge is 0.389 e. The number of piperidine rings is 1. The third kappa shape index (κ3) is 2.52. The molecule has 1 aliphatic rings. The first-order valence-corrected chi connectivity index (χ1v) is 4.59. The molecule has 0 spiro atoms. The van der Waals surface area contributed by atoms with Crippen LogP contribution in [0.2, 0.25) is 0 Å². The van der Waals surface area contributed by atoms with E-state index in [9.17, 15) is 4.79 Å². The summed E-state index contributed by atoms with van der Waals surface area (Å²) in [5.41, 5.74) is 0. The van der Waals surface area contributed by atoms with Gasteiger partial charge in [0.1, 0.15) is 6.61 Å². The predicted octanol–water partition coefficient (Wildman–Crippen LogP) is 0.257.